The van der Waals surface area contributed by atoms with Crippen LogP contribution in [0.4, 0.5) is 11.4 Å². The fourth-order valence-corrected chi connectivity index (χ4v) is 4.16. The van der Waals surface area contributed by atoms with Crippen molar-refractivity contribution < 1.29 is 0 Å². The fraction of sp³-hybridized carbons (Fsp3) is 0.214. The molecular weight excluding hydrogens is 350 g/mol. The number of benzene rings is 3. The number of nitrogens with one attached hydrogen (secondary N) is 1. The second kappa shape index (κ2) is 8.13. The van der Waals surface area contributed by atoms with Crippen LogP contribution in [0.15, 0.2) is 91.0 Å². The zero-order valence-electron chi connectivity index (χ0n) is 17.6. The lowest BCUT2D eigenvalue weighted by atomic mass is 9.76. The van der Waals surface area contributed by atoms with E-state index in [9.17, 15) is 0 Å². The average Bonchev–Trinajstić information content (AvgIpc) is 2.77. The molecule has 3 aromatic carbocycles. The lowest BCUT2D eigenvalue weighted by molar-refractivity contribution is 0.636. The summed E-state index contributed by atoms with van der Waals surface area (Å²) in [5, 5.41) is 3.59. The molecule has 0 amide bonds. The Labute approximate surface area is 174 Å². The minimum absolute atomic E-state index is 0.0478. The first kappa shape index (κ1) is 19.3. The lowest BCUT2D eigenvalue weighted by Gasteiger charge is -2.28. The number of anilines is 2. The summed E-state index contributed by atoms with van der Waals surface area (Å²) < 4.78 is 0. The van der Waals surface area contributed by atoms with Crippen LogP contribution in [0.2, 0.25) is 0 Å². The van der Waals surface area contributed by atoms with Gasteiger partial charge in [-0.25, -0.2) is 0 Å². The molecular formula is C28H29N. The van der Waals surface area contributed by atoms with Gasteiger partial charge in [-0.1, -0.05) is 80.6 Å². The molecule has 0 bridgehead atoms. The quantitative estimate of drug-likeness (QED) is 0.477. The van der Waals surface area contributed by atoms with Gasteiger partial charge in [0.25, 0.3) is 0 Å². The molecule has 0 saturated heterocycles. The fourth-order valence-electron chi connectivity index (χ4n) is 4.16. The summed E-state index contributed by atoms with van der Waals surface area (Å²) in [7, 11) is 0. The van der Waals surface area contributed by atoms with Gasteiger partial charge in [0.05, 0.1) is 0 Å². The predicted octanol–water partition coefficient (Wildman–Crippen LogP) is 7.80. The molecule has 1 N–H and O–H groups in total. The molecule has 0 aromatic heterocycles. The number of aryl methyl sites for hydroxylation is 1. The summed E-state index contributed by atoms with van der Waals surface area (Å²) in [6.07, 6.45) is 8.87. The van der Waals surface area contributed by atoms with Crippen LogP contribution < -0.4 is 5.32 Å². The van der Waals surface area contributed by atoms with Crippen molar-refractivity contribution in [2.75, 3.05) is 5.32 Å². The SMILES string of the molecule is Cc1ccc(Nc2ccc(C3=CC=CCC3)cc2)cc1C(C)(C)c1ccccc1. The molecule has 1 aliphatic carbocycles. The predicted molar refractivity (Wildman–Crippen MR) is 126 cm³/mol. The largest absolute Gasteiger partial charge is 0.356 e. The van der Waals surface area contributed by atoms with Gasteiger partial charge < -0.3 is 5.32 Å². The first-order valence-electron chi connectivity index (χ1n) is 10.4. The molecule has 0 radical (unpaired) electrons. The molecule has 3 aromatic rings. The number of rotatable bonds is 5. The van der Waals surface area contributed by atoms with Crippen molar-refractivity contribution in [3.05, 3.63) is 113 Å². The normalized spacial score (nSPS) is 13.8. The molecule has 0 aliphatic heterocycles. The monoisotopic (exact) mass is 379 g/mol. The highest BCUT2D eigenvalue weighted by atomic mass is 14.9. The van der Waals surface area contributed by atoms with Crippen LogP contribution in [-0.2, 0) is 5.41 Å². The molecule has 0 heterocycles. The van der Waals surface area contributed by atoms with Crippen molar-refractivity contribution in [3.8, 4) is 0 Å². The van der Waals surface area contributed by atoms with E-state index in [1.54, 1.807) is 0 Å². The van der Waals surface area contributed by atoms with E-state index < -0.39 is 0 Å². The summed E-state index contributed by atoms with van der Waals surface area (Å²) in [6, 6.07) is 26.2. The second-order valence-electron chi connectivity index (χ2n) is 8.38. The van der Waals surface area contributed by atoms with Crippen molar-refractivity contribution in [1.82, 2.24) is 0 Å². The lowest BCUT2D eigenvalue weighted by Crippen LogP contribution is -2.20. The third-order valence-corrected chi connectivity index (χ3v) is 5.96. The zero-order valence-corrected chi connectivity index (χ0v) is 17.6. The molecule has 146 valence electrons. The Hall–Kier alpha value is -3.06. The molecule has 0 atom stereocenters. The third-order valence-electron chi connectivity index (χ3n) is 5.96. The highest BCUT2D eigenvalue weighted by molar-refractivity contribution is 5.71. The maximum atomic E-state index is 3.59. The van der Waals surface area contributed by atoms with Gasteiger partial charge in [-0.3, -0.25) is 0 Å². The van der Waals surface area contributed by atoms with Gasteiger partial charge in [-0.05, 0) is 71.9 Å². The van der Waals surface area contributed by atoms with Crippen LogP contribution in [-0.4, -0.2) is 0 Å². The number of hydrogen-bond acceptors (Lipinski definition) is 1. The molecule has 29 heavy (non-hydrogen) atoms. The van der Waals surface area contributed by atoms with Crippen LogP contribution in [0.25, 0.3) is 5.57 Å². The van der Waals surface area contributed by atoms with E-state index in [4.69, 9.17) is 0 Å². The molecule has 0 saturated carbocycles. The summed E-state index contributed by atoms with van der Waals surface area (Å²) in [5.41, 5.74) is 8.93. The van der Waals surface area contributed by atoms with Crippen LogP contribution in [0, 0.1) is 6.92 Å². The van der Waals surface area contributed by atoms with Crippen LogP contribution in [0.3, 0.4) is 0 Å². The molecule has 0 unspecified atom stereocenters. The van der Waals surface area contributed by atoms with E-state index in [0.717, 1.165) is 24.2 Å². The summed E-state index contributed by atoms with van der Waals surface area (Å²) in [4.78, 5) is 0. The Morgan fingerprint density at radius 3 is 2.24 bits per heavy atom. The van der Waals surface area contributed by atoms with Crippen molar-refractivity contribution in [1.29, 1.82) is 0 Å². The summed E-state index contributed by atoms with van der Waals surface area (Å²) >= 11 is 0. The highest BCUT2D eigenvalue weighted by Crippen LogP contribution is 2.35. The van der Waals surface area contributed by atoms with E-state index in [0.29, 0.717) is 0 Å². The maximum absolute atomic E-state index is 3.59. The Kier molecular flexibility index (Phi) is 5.40. The standard InChI is InChI=1S/C28H29N/c1-21-14-17-26(20-27(21)28(2,3)24-12-8-5-9-13-24)29-25-18-15-23(16-19-25)22-10-6-4-7-11-22/h4-6,8-10,12-20,29H,7,11H2,1-3H3. The number of allylic oxidation sites excluding steroid dienone is 4. The van der Waals surface area contributed by atoms with Crippen molar-refractivity contribution in [3.63, 3.8) is 0 Å². The van der Waals surface area contributed by atoms with E-state index >= 15 is 0 Å². The van der Waals surface area contributed by atoms with Gasteiger partial charge in [0, 0.05) is 16.8 Å². The van der Waals surface area contributed by atoms with E-state index in [1.165, 1.54) is 27.8 Å². The Morgan fingerprint density at radius 2 is 1.55 bits per heavy atom. The summed E-state index contributed by atoms with van der Waals surface area (Å²) in [5.74, 6) is 0. The molecule has 0 fully saturated rings. The topological polar surface area (TPSA) is 12.0 Å². The molecule has 1 heteroatoms. The van der Waals surface area contributed by atoms with Crippen molar-refractivity contribution >= 4 is 16.9 Å². The Bertz CT molecular complexity index is 1040. The smallest absolute Gasteiger partial charge is 0.0387 e. The van der Waals surface area contributed by atoms with E-state index in [-0.39, 0.29) is 5.41 Å². The van der Waals surface area contributed by atoms with E-state index in [1.807, 2.05) is 0 Å². The summed E-state index contributed by atoms with van der Waals surface area (Å²) in [6.45, 7) is 6.80. The van der Waals surface area contributed by atoms with Gasteiger partial charge >= 0.3 is 0 Å². The third kappa shape index (κ3) is 4.19. The first-order valence-corrected chi connectivity index (χ1v) is 10.4. The number of hydrogen-bond donors (Lipinski definition) is 1. The average molecular weight is 380 g/mol. The Morgan fingerprint density at radius 1 is 0.828 bits per heavy atom. The minimum Gasteiger partial charge on any atom is -0.356 e. The molecule has 1 aliphatic rings. The van der Waals surface area contributed by atoms with Crippen molar-refractivity contribution in [2.24, 2.45) is 0 Å². The van der Waals surface area contributed by atoms with Crippen molar-refractivity contribution in [2.45, 2.75) is 39.0 Å². The van der Waals surface area contributed by atoms with Gasteiger partial charge in [-0.15, -0.1) is 0 Å². The van der Waals surface area contributed by atoms with Gasteiger partial charge in [0.15, 0.2) is 0 Å². The zero-order chi connectivity index (χ0) is 20.3. The first-order chi connectivity index (χ1) is 14.0. The highest BCUT2D eigenvalue weighted by Gasteiger charge is 2.25. The second-order valence-corrected chi connectivity index (χ2v) is 8.38. The van der Waals surface area contributed by atoms with Gasteiger partial charge in [0.2, 0.25) is 0 Å². The molecule has 0 spiro atoms. The van der Waals surface area contributed by atoms with Gasteiger partial charge in [0.1, 0.15) is 0 Å². The van der Waals surface area contributed by atoms with E-state index in [2.05, 4.69) is 117 Å². The maximum Gasteiger partial charge on any atom is 0.0387 e. The minimum atomic E-state index is -0.0478. The Balaban J connectivity index is 1.58. The molecule has 4 rings (SSSR count). The van der Waals surface area contributed by atoms with Crippen LogP contribution in [0.1, 0.15) is 48.9 Å². The van der Waals surface area contributed by atoms with Crippen LogP contribution in [0.5, 0.6) is 0 Å². The van der Waals surface area contributed by atoms with Gasteiger partial charge in [-0.2, -0.15) is 0 Å². The molecule has 1 nitrogen and oxygen atoms in total. The van der Waals surface area contributed by atoms with Crippen LogP contribution >= 0.6 is 0 Å².